The Bertz CT molecular complexity index is 651. The maximum absolute atomic E-state index is 12.4. The van der Waals surface area contributed by atoms with Crippen LogP contribution in [0.1, 0.15) is 27.7 Å². The normalized spacial score (nSPS) is 10.8. The molecule has 0 bridgehead atoms. The van der Waals surface area contributed by atoms with Crippen LogP contribution < -0.4 is 10.6 Å². The van der Waals surface area contributed by atoms with Gasteiger partial charge in [0.1, 0.15) is 4.88 Å². The van der Waals surface area contributed by atoms with Gasteiger partial charge < -0.3 is 15.5 Å². The fourth-order valence-corrected chi connectivity index (χ4v) is 2.89. The van der Waals surface area contributed by atoms with Gasteiger partial charge in [-0.3, -0.25) is 4.79 Å². The zero-order chi connectivity index (χ0) is 16.1. The van der Waals surface area contributed by atoms with Gasteiger partial charge in [0.05, 0.1) is 6.20 Å². The zero-order valence-corrected chi connectivity index (χ0v) is 14.3. The number of hydrogen-bond acceptors (Lipinski definition) is 5. The molecule has 118 valence electrons. The molecule has 22 heavy (non-hydrogen) atoms. The second-order valence-corrected chi connectivity index (χ2v) is 6.44. The topological polar surface area (TPSA) is 57.3 Å². The predicted octanol–water partition coefficient (Wildman–Crippen LogP) is 3.20. The van der Waals surface area contributed by atoms with E-state index in [0.717, 1.165) is 29.5 Å². The first-order valence-corrected chi connectivity index (χ1v) is 8.06. The summed E-state index contributed by atoms with van der Waals surface area (Å²) in [5.74, 6) is -0.120. The Hall–Kier alpha value is -1.92. The highest BCUT2D eigenvalue weighted by Gasteiger charge is 2.13. The van der Waals surface area contributed by atoms with Crippen molar-refractivity contribution in [2.75, 3.05) is 31.3 Å². The lowest BCUT2D eigenvalue weighted by Crippen LogP contribution is -2.16. The first-order chi connectivity index (χ1) is 10.5. The third kappa shape index (κ3) is 4.29. The van der Waals surface area contributed by atoms with Crippen molar-refractivity contribution in [3.8, 4) is 0 Å². The van der Waals surface area contributed by atoms with Crippen molar-refractivity contribution in [1.29, 1.82) is 0 Å². The van der Waals surface area contributed by atoms with Gasteiger partial charge in [-0.2, -0.15) is 0 Å². The zero-order valence-electron chi connectivity index (χ0n) is 13.4. The van der Waals surface area contributed by atoms with Gasteiger partial charge in [0.15, 0.2) is 5.13 Å². The number of thiazole rings is 1. The first kappa shape index (κ1) is 16.5. The van der Waals surface area contributed by atoms with E-state index in [1.165, 1.54) is 16.9 Å². The summed E-state index contributed by atoms with van der Waals surface area (Å²) < 4.78 is 0. The average Bonchev–Trinajstić information content (AvgIpc) is 2.90. The molecule has 6 heteroatoms. The van der Waals surface area contributed by atoms with Crippen molar-refractivity contribution in [1.82, 2.24) is 9.88 Å². The molecule has 0 aliphatic carbocycles. The third-order valence-electron chi connectivity index (χ3n) is 3.05. The molecule has 2 aromatic rings. The van der Waals surface area contributed by atoms with Gasteiger partial charge in [0.25, 0.3) is 5.91 Å². The van der Waals surface area contributed by atoms with E-state index < -0.39 is 0 Å². The van der Waals surface area contributed by atoms with Crippen molar-refractivity contribution in [3.05, 3.63) is 40.4 Å². The smallest absolute Gasteiger partial charge is 0.267 e. The minimum absolute atomic E-state index is 0.120. The van der Waals surface area contributed by atoms with Crippen LogP contribution >= 0.6 is 11.3 Å². The molecule has 0 saturated heterocycles. The number of nitrogens with zero attached hydrogens (tertiary/aromatic N) is 2. The van der Waals surface area contributed by atoms with Gasteiger partial charge in [0, 0.05) is 18.8 Å². The molecule has 0 aliphatic rings. The van der Waals surface area contributed by atoms with E-state index in [2.05, 4.69) is 33.5 Å². The summed E-state index contributed by atoms with van der Waals surface area (Å²) in [6.07, 6.45) is 1.61. The summed E-state index contributed by atoms with van der Waals surface area (Å²) in [5, 5.41) is 6.87. The quantitative estimate of drug-likeness (QED) is 0.859. The molecule has 0 saturated carbocycles. The minimum Gasteiger partial charge on any atom is -0.362 e. The fraction of sp³-hybridized carbons (Fsp3) is 0.375. The van der Waals surface area contributed by atoms with Crippen LogP contribution in [0.2, 0.25) is 0 Å². The highest BCUT2D eigenvalue weighted by molar-refractivity contribution is 7.17. The van der Waals surface area contributed by atoms with E-state index in [9.17, 15) is 4.79 Å². The number of benzene rings is 1. The van der Waals surface area contributed by atoms with Gasteiger partial charge >= 0.3 is 0 Å². The lowest BCUT2D eigenvalue weighted by molar-refractivity contribution is 0.103. The standard InChI is InChI=1S/C16H22N4OS/c1-5-17-16-18-9-14(22-16)15(21)19-13-7-6-11(2)8-12(13)10-20(3)4/h6-9H,5,10H2,1-4H3,(H,17,18)(H,19,21). The number of carbonyl (C=O) groups is 1. The molecular formula is C16H22N4OS. The number of aromatic nitrogens is 1. The van der Waals surface area contributed by atoms with E-state index in [4.69, 9.17) is 0 Å². The Morgan fingerprint density at radius 1 is 1.36 bits per heavy atom. The highest BCUT2D eigenvalue weighted by Crippen LogP contribution is 2.22. The lowest BCUT2D eigenvalue weighted by atomic mass is 10.1. The molecule has 0 atom stereocenters. The molecule has 2 rings (SSSR count). The third-order valence-corrected chi connectivity index (χ3v) is 4.01. The van der Waals surface area contributed by atoms with Crippen LogP contribution in [-0.4, -0.2) is 36.4 Å². The lowest BCUT2D eigenvalue weighted by Gasteiger charge is -2.15. The second-order valence-electron chi connectivity index (χ2n) is 5.41. The summed E-state index contributed by atoms with van der Waals surface area (Å²) in [6.45, 7) is 5.62. The number of nitrogens with one attached hydrogen (secondary N) is 2. The van der Waals surface area contributed by atoms with Crippen LogP contribution in [0.15, 0.2) is 24.4 Å². The minimum atomic E-state index is -0.120. The number of hydrogen-bond donors (Lipinski definition) is 2. The maximum atomic E-state index is 12.4. The second kappa shape index (κ2) is 7.38. The largest absolute Gasteiger partial charge is 0.362 e. The Labute approximate surface area is 135 Å². The Kier molecular flexibility index (Phi) is 5.51. The van der Waals surface area contributed by atoms with Gasteiger partial charge in [-0.05, 0) is 39.6 Å². The number of aryl methyl sites for hydroxylation is 1. The molecule has 1 aromatic carbocycles. The van der Waals surface area contributed by atoms with Crippen molar-refractivity contribution in [3.63, 3.8) is 0 Å². The van der Waals surface area contributed by atoms with Crippen LogP contribution in [0.4, 0.5) is 10.8 Å². The van der Waals surface area contributed by atoms with Crippen LogP contribution in [0, 0.1) is 6.92 Å². The molecule has 1 aromatic heterocycles. The van der Waals surface area contributed by atoms with E-state index in [-0.39, 0.29) is 5.91 Å². The van der Waals surface area contributed by atoms with Gasteiger partial charge in [0.2, 0.25) is 0 Å². The highest BCUT2D eigenvalue weighted by atomic mass is 32.1. The maximum Gasteiger partial charge on any atom is 0.267 e. The summed E-state index contributed by atoms with van der Waals surface area (Å²) in [6, 6.07) is 6.07. The van der Waals surface area contributed by atoms with Crippen LogP contribution in [0.3, 0.4) is 0 Å². The Morgan fingerprint density at radius 2 is 2.14 bits per heavy atom. The van der Waals surface area contributed by atoms with E-state index >= 15 is 0 Å². The van der Waals surface area contributed by atoms with Gasteiger partial charge in [-0.25, -0.2) is 4.98 Å². The number of carbonyl (C=O) groups excluding carboxylic acids is 1. The predicted molar refractivity (Wildman–Crippen MR) is 92.8 cm³/mol. The summed E-state index contributed by atoms with van der Waals surface area (Å²) in [5.41, 5.74) is 3.14. The molecule has 0 spiro atoms. The SMILES string of the molecule is CCNc1ncc(C(=O)Nc2ccc(C)cc2CN(C)C)s1. The molecule has 0 fully saturated rings. The molecule has 2 N–H and O–H groups in total. The first-order valence-electron chi connectivity index (χ1n) is 7.25. The van der Waals surface area contributed by atoms with E-state index in [0.29, 0.717) is 4.88 Å². The molecular weight excluding hydrogens is 296 g/mol. The van der Waals surface area contributed by atoms with Gasteiger partial charge in [-0.1, -0.05) is 29.0 Å². The average molecular weight is 318 g/mol. The molecule has 1 heterocycles. The molecule has 5 nitrogen and oxygen atoms in total. The molecule has 1 amide bonds. The summed E-state index contributed by atoms with van der Waals surface area (Å²) in [4.78, 5) is 19.3. The van der Waals surface area contributed by atoms with E-state index in [1.807, 2.05) is 33.2 Å². The molecule has 0 unspecified atom stereocenters. The number of amides is 1. The van der Waals surface area contributed by atoms with Crippen LogP contribution in [0.25, 0.3) is 0 Å². The summed E-state index contributed by atoms with van der Waals surface area (Å²) >= 11 is 1.36. The Morgan fingerprint density at radius 3 is 2.82 bits per heavy atom. The number of anilines is 2. The Balaban J connectivity index is 2.16. The van der Waals surface area contributed by atoms with Crippen LogP contribution in [0.5, 0.6) is 0 Å². The molecule has 0 radical (unpaired) electrons. The number of rotatable bonds is 6. The fourth-order valence-electron chi connectivity index (χ4n) is 2.11. The van der Waals surface area contributed by atoms with Crippen LogP contribution in [-0.2, 0) is 6.54 Å². The van der Waals surface area contributed by atoms with Gasteiger partial charge in [-0.15, -0.1) is 0 Å². The van der Waals surface area contributed by atoms with Crippen molar-refractivity contribution >= 4 is 28.1 Å². The molecule has 0 aliphatic heterocycles. The van der Waals surface area contributed by atoms with Crippen molar-refractivity contribution in [2.24, 2.45) is 0 Å². The summed E-state index contributed by atoms with van der Waals surface area (Å²) in [7, 11) is 4.03. The van der Waals surface area contributed by atoms with Crippen molar-refractivity contribution < 1.29 is 4.79 Å². The monoisotopic (exact) mass is 318 g/mol. The van der Waals surface area contributed by atoms with Crippen molar-refractivity contribution in [2.45, 2.75) is 20.4 Å². The van der Waals surface area contributed by atoms with E-state index in [1.54, 1.807) is 6.20 Å².